The molecule has 6 nitrogen and oxygen atoms in total. The van der Waals surface area contributed by atoms with Crippen LogP contribution in [0.5, 0.6) is 5.88 Å². The first-order valence-electron chi connectivity index (χ1n) is 9.13. The molecular formula is C18H16F5N5OS. The van der Waals surface area contributed by atoms with Crippen LogP contribution in [0.4, 0.5) is 22.0 Å². The molecule has 0 N–H and O–H groups in total. The number of ether oxygens (including phenoxy) is 1. The summed E-state index contributed by atoms with van der Waals surface area (Å²) in [7, 11) is 0. The lowest BCUT2D eigenvalue weighted by Crippen LogP contribution is -2.41. The maximum atomic E-state index is 13.0. The lowest BCUT2D eigenvalue weighted by atomic mass is 10.2. The van der Waals surface area contributed by atoms with E-state index in [1.165, 1.54) is 23.9 Å². The van der Waals surface area contributed by atoms with Crippen molar-refractivity contribution in [1.29, 1.82) is 0 Å². The molecule has 0 amide bonds. The topological polar surface area (TPSA) is 65.2 Å². The molecule has 12 heteroatoms. The smallest absolute Gasteiger partial charge is 0.456 e. The molecule has 3 aromatic heterocycles. The van der Waals surface area contributed by atoms with Gasteiger partial charge in [0.25, 0.3) is 0 Å². The fraction of sp³-hybridized carbons (Fsp3) is 0.444. The van der Waals surface area contributed by atoms with Gasteiger partial charge in [-0.3, -0.25) is 0 Å². The summed E-state index contributed by atoms with van der Waals surface area (Å²) in [5, 5.41) is 12.9. The standard InChI is InChI=1S/C18H16F5N5OS/c1-2-30-16-14(15-24-8-7-12(10-3-4-10)28(15)27-16)11-5-6-13(26-25-11)29-9-17(19,20)18(21,22)23/h5-8,10H,2-4,9H2,1H3. The van der Waals surface area contributed by atoms with Gasteiger partial charge in [0.1, 0.15) is 5.03 Å². The van der Waals surface area contributed by atoms with Gasteiger partial charge in [0.15, 0.2) is 12.3 Å². The number of fused-ring (bicyclic) bond motifs is 1. The molecule has 0 aromatic carbocycles. The highest BCUT2D eigenvalue weighted by Gasteiger charge is 2.58. The molecule has 1 fully saturated rings. The maximum absolute atomic E-state index is 13.0. The summed E-state index contributed by atoms with van der Waals surface area (Å²) in [4.78, 5) is 4.41. The summed E-state index contributed by atoms with van der Waals surface area (Å²) < 4.78 is 69.1. The molecule has 1 saturated carbocycles. The molecule has 0 radical (unpaired) electrons. The molecule has 160 valence electrons. The first kappa shape index (κ1) is 20.8. The Morgan fingerprint density at radius 3 is 2.50 bits per heavy atom. The van der Waals surface area contributed by atoms with Crippen LogP contribution in [0.15, 0.2) is 29.4 Å². The van der Waals surface area contributed by atoms with Crippen molar-refractivity contribution in [3.8, 4) is 17.1 Å². The summed E-state index contributed by atoms with van der Waals surface area (Å²) in [5.41, 5.74) is 2.63. The Bertz CT molecular complexity index is 1050. The van der Waals surface area contributed by atoms with Gasteiger partial charge in [0.05, 0.1) is 11.3 Å². The monoisotopic (exact) mass is 445 g/mol. The van der Waals surface area contributed by atoms with Crippen LogP contribution in [-0.2, 0) is 0 Å². The third kappa shape index (κ3) is 3.92. The fourth-order valence-corrected chi connectivity index (χ4v) is 3.62. The zero-order valence-corrected chi connectivity index (χ0v) is 16.5. The van der Waals surface area contributed by atoms with Crippen molar-refractivity contribution in [3.05, 3.63) is 30.1 Å². The van der Waals surface area contributed by atoms with Crippen LogP contribution in [0, 0.1) is 0 Å². The van der Waals surface area contributed by atoms with Gasteiger partial charge in [0, 0.05) is 23.9 Å². The Balaban J connectivity index is 1.64. The largest absolute Gasteiger partial charge is 0.470 e. The quantitative estimate of drug-likeness (QED) is 0.386. The third-order valence-electron chi connectivity index (χ3n) is 4.50. The highest BCUT2D eigenvalue weighted by Crippen LogP contribution is 2.42. The molecule has 30 heavy (non-hydrogen) atoms. The number of alkyl halides is 5. The summed E-state index contributed by atoms with van der Waals surface area (Å²) in [6.45, 7) is 0.0988. The molecule has 3 heterocycles. The molecule has 4 rings (SSSR count). The summed E-state index contributed by atoms with van der Waals surface area (Å²) >= 11 is 1.49. The average molecular weight is 445 g/mol. The molecule has 0 aliphatic heterocycles. The lowest BCUT2D eigenvalue weighted by Gasteiger charge is -2.19. The summed E-state index contributed by atoms with van der Waals surface area (Å²) in [6, 6.07) is 4.56. The van der Waals surface area contributed by atoms with E-state index in [-0.39, 0.29) is 0 Å². The number of rotatable bonds is 7. The normalized spacial score (nSPS) is 15.0. The van der Waals surface area contributed by atoms with Crippen LogP contribution < -0.4 is 4.74 Å². The molecule has 1 aliphatic carbocycles. The zero-order valence-electron chi connectivity index (χ0n) is 15.7. The van der Waals surface area contributed by atoms with Crippen LogP contribution >= 0.6 is 11.8 Å². The Kier molecular flexibility index (Phi) is 5.28. The minimum Gasteiger partial charge on any atom is -0.470 e. The first-order valence-corrected chi connectivity index (χ1v) is 10.1. The van der Waals surface area contributed by atoms with Gasteiger partial charge in [-0.15, -0.1) is 22.0 Å². The van der Waals surface area contributed by atoms with Gasteiger partial charge in [-0.2, -0.15) is 27.1 Å². The molecule has 0 atom stereocenters. The minimum absolute atomic E-state index is 0.372. The Morgan fingerprint density at radius 1 is 1.13 bits per heavy atom. The molecule has 0 spiro atoms. The minimum atomic E-state index is -5.70. The Hall–Kier alpha value is -2.50. The van der Waals surface area contributed by atoms with Crippen molar-refractivity contribution < 1.29 is 26.7 Å². The number of nitrogens with zero attached hydrogens (tertiary/aromatic N) is 5. The molecule has 0 bridgehead atoms. The van der Waals surface area contributed by atoms with Crippen LogP contribution in [0.2, 0.25) is 0 Å². The van der Waals surface area contributed by atoms with Crippen molar-refractivity contribution in [1.82, 2.24) is 24.8 Å². The lowest BCUT2D eigenvalue weighted by molar-refractivity contribution is -0.290. The van der Waals surface area contributed by atoms with Gasteiger partial charge >= 0.3 is 12.1 Å². The van der Waals surface area contributed by atoms with Crippen molar-refractivity contribution in [2.75, 3.05) is 12.4 Å². The summed E-state index contributed by atoms with van der Waals surface area (Å²) in [5.74, 6) is -4.24. The predicted molar refractivity (Wildman–Crippen MR) is 98.9 cm³/mol. The van der Waals surface area contributed by atoms with E-state index in [1.807, 2.05) is 13.0 Å². The number of hydrogen-bond donors (Lipinski definition) is 0. The third-order valence-corrected chi connectivity index (χ3v) is 5.35. The van der Waals surface area contributed by atoms with Crippen molar-refractivity contribution in [2.24, 2.45) is 0 Å². The molecule has 1 aliphatic rings. The van der Waals surface area contributed by atoms with Crippen molar-refractivity contribution in [2.45, 2.75) is 42.8 Å². The second kappa shape index (κ2) is 7.64. The Morgan fingerprint density at radius 2 is 1.90 bits per heavy atom. The zero-order chi connectivity index (χ0) is 21.5. The van der Waals surface area contributed by atoms with Gasteiger partial charge in [0.2, 0.25) is 5.88 Å². The maximum Gasteiger partial charge on any atom is 0.456 e. The molecule has 0 unspecified atom stereocenters. The van der Waals surface area contributed by atoms with E-state index in [1.54, 1.807) is 10.7 Å². The van der Waals surface area contributed by atoms with Crippen LogP contribution in [0.25, 0.3) is 16.9 Å². The van der Waals surface area contributed by atoms with Gasteiger partial charge in [-0.1, -0.05) is 6.92 Å². The number of aromatic nitrogens is 5. The fourth-order valence-electron chi connectivity index (χ4n) is 2.87. The van der Waals surface area contributed by atoms with Crippen LogP contribution in [0.3, 0.4) is 0 Å². The van der Waals surface area contributed by atoms with Gasteiger partial charge < -0.3 is 4.74 Å². The number of halogens is 5. The van der Waals surface area contributed by atoms with E-state index in [4.69, 9.17) is 0 Å². The SMILES string of the molecule is CCSc1nn2c(C3CC3)ccnc2c1-c1ccc(OCC(F)(F)C(F)(F)F)nn1. The van der Waals surface area contributed by atoms with E-state index in [0.29, 0.717) is 27.8 Å². The van der Waals surface area contributed by atoms with E-state index >= 15 is 0 Å². The predicted octanol–water partition coefficient (Wildman–Crippen LogP) is 4.75. The van der Waals surface area contributed by atoms with E-state index in [9.17, 15) is 22.0 Å². The Labute approximate surface area is 171 Å². The summed E-state index contributed by atoms with van der Waals surface area (Å²) in [6.07, 6.45) is -1.84. The highest BCUT2D eigenvalue weighted by atomic mass is 32.2. The van der Waals surface area contributed by atoms with Crippen LogP contribution in [0.1, 0.15) is 31.4 Å². The molecule has 3 aromatic rings. The van der Waals surface area contributed by atoms with E-state index < -0.39 is 24.6 Å². The van der Waals surface area contributed by atoms with Gasteiger partial charge in [-0.05, 0) is 30.7 Å². The second-order valence-corrected chi connectivity index (χ2v) is 7.99. The van der Waals surface area contributed by atoms with E-state index in [0.717, 1.165) is 24.3 Å². The molecule has 0 saturated heterocycles. The molecular weight excluding hydrogens is 429 g/mol. The highest BCUT2D eigenvalue weighted by molar-refractivity contribution is 7.99. The van der Waals surface area contributed by atoms with E-state index in [2.05, 4.69) is 25.0 Å². The second-order valence-electron chi connectivity index (χ2n) is 6.74. The number of thioether (sulfide) groups is 1. The van der Waals surface area contributed by atoms with Crippen molar-refractivity contribution in [3.63, 3.8) is 0 Å². The van der Waals surface area contributed by atoms with Crippen molar-refractivity contribution >= 4 is 17.4 Å². The van der Waals surface area contributed by atoms with Crippen LogP contribution in [-0.4, -0.2) is 49.3 Å². The first-order chi connectivity index (χ1) is 14.2. The number of hydrogen-bond acceptors (Lipinski definition) is 6. The average Bonchev–Trinajstić information content (AvgIpc) is 3.47. The van der Waals surface area contributed by atoms with Gasteiger partial charge in [-0.25, -0.2) is 9.50 Å².